The quantitative estimate of drug-likeness (QED) is 0.849. The van der Waals surface area contributed by atoms with Crippen molar-refractivity contribution in [1.29, 1.82) is 0 Å². The number of rotatable bonds is 4. The lowest BCUT2D eigenvalue weighted by molar-refractivity contribution is 0.198. The maximum Gasteiger partial charge on any atom is 0.0965 e. The summed E-state index contributed by atoms with van der Waals surface area (Å²) in [6.07, 6.45) is 1.32. The van der Waals surface area contributed by atoms with Crippen LogP contribution in [0.5, 0.6) is 0 Å². The standard InChI is InChI=1S/C15H17NOS/c1-11-8-15(16-9-14(11)12(2)17)18-10-13-6-4-3-5-7-13/h3-9,12,17H,10H2,1-2H3. The molecule has 2 aromatic rings. The van der Waals surface area contributed by atoms with Crippen molar-refractivity contribution in [3.8, 4) is 0 Å². The van der Waals surface area contributed by atoms with Crippen molar-refractivity contribution in [3.05, 3.63) is 59.3 Å². The molecular weight excluding hydrogens is 242 g/mol. The van der Waals surface area contributed by atoms with Crippen LogP contribution in [0.4, 0.5) is 0 Å². The average molecular weight is 259 g/mol. The lowest BCUT2D eigenvalue weighted by atomic mass is 10.1. The summed E-state index contributed by atoms with van der Waals surface area (Å²) in [5.41, 5.74) is 3.29. The van der Waals surface area contributed by atoms with Crippen LogP contribution in [0.3, 0.4) is 0 Å². The Bertz CT molecular complexity index is 511. The minimum Gasteiger partial charge on any atom is -0.389 e. The second-order valence-corrected chi connectivity index (χ2v) is 5.33. The second kappa shape index (κ2) is 6.03. The summed E-state index contributed by atoms with van der Waals surface area (Å²) in [5.74, 6) is 0.918. The summed E-state index contributed by atoms with van der Waals surface area (Å²) in [4.78, 5) is 4.38. The van der Waals surface area contributed by atoms with Gasteiger partial charge in [-0.25, -0.2) is 4.98 Å². The molecule has 1 aromatic carbocycles. The zero-order valence-electron chi connectivity index (χ0n) is 10.6. The summed E-state index contributed by atoms with van der Waals surface area (Å²) in [6, 6.07) is 12.4. The highest BCUT2D eigenvalue weighted by Gasteiger charge is 2.06. The topological polar surface area (TPSA) is 33.1 Å². The molecule has 1 aromatic heterocycles. The van der Waals surface area contributed by atoms with Crippen LogP contribution in [0.15, 0.2) is 47.6 Å². The molecule has 2 rings (SSSR count). The first-order valence-corrected chi connectivity index (χ1v) is 6.96. The molecule has 3 heteroatoms. The lowest BCUT2D eigenvalue weighted by Gasteiger charge is -2.09. The van der Waals surface area contributed by atoms with Gasteiger partial charge in [-0.1, -0.05) is 30.3 Å². The fourth-order valence-electron chi connectivity index (χ4n) is 1.79. The Morgan fingerprint density at radius 3 is 2.61 bits per heavy atom. The maximum absolute atomic E-state index is 9.56. The van der Waals surface area contributed by atoms with Crippen LogP contribution >= 0.6 is 11.8 Å². The van der Waals surface area contributed by atoms with E-state index in [0.29, 0.717) is 0 Å². The lowest BCUT2D eigenvalue weighted by Crippen LogP contribution is -1.97. The zero-order chi connectivity index (χ0) is 13.0. The van der Waals surface area contributed by atoms with Crippen molar-refractivity contribution in [1.82, 2.24) is 4.98 Å². The highest BCUT2D eigenvalue weighted by molar-refractivity contribution is 7.98. The Balaban J connectivity index is 2.05. The summed E-state index contributed by atoms with van der Waals surface area (Å²) >= 11 is 1.72. The van der Waals surface area contributed by atoms with Crippen LogP contribution in [0, 0.1) is 6.92 Å². The van der Waals surface area contributed by atoms with Gasteiger partial charge < -0.3 is 5.11 Å². The van der Waals surface area contributed by atoms with E-state index >= 15 is 0 Å². The minimum absolute atomic E-state index is 0.453. The predicted octanol–water partition coefficient (Wildman–Crippen LogP) is 3.74. The Kier molecular flexibility index (Phi) is 4.39. The number of hydrogen-bond donors (Lipinski definition) is 1. The molecule has 1 unspecified atom stereocenters. The van der Waals surface area contributed by atoms with Crippen molar-refractivity contribution in [3.63, 3.8) is 0 Å². The molecule has 0 saturated carbocycles. The molecule has 0 fully saturated rings. The second-order valence-electron chi connectivity index (χ2n) is 4.33. The van der Waals surface area contributed by atoms with E-state index in [1.165, 1.54) is 5.56 Å². The van der Waals surface area contributed by atoms with E-state index in [9.17, 15) is 5.11 Å². The molecule has 0 radical (unpaired) electrons. The van der Waals surface area contributed by atoms with E-state index < -0.39 is 6.10 Å². The first kappa shape index (κ1) is 13.1. The van der Waals surface area contributed by atoms with Gasteiger partial charge >= 0.3 is 0 Å². The molecule has 1 N–H and O–H groups in total. The summed E-state index contributed by atoms with van der Waals surface area (Å²) < 4.78 is 0. The summed E-state index contributed by atoms with van der Waals surface area (Å²) in [7, 11) is 0. The Hall–Kier alpha value is -1.32. The minimum atomic E-state index is -0.453. The molecule has 0 aliphatic heterocycles. The highest BCUT2D eigenvalue weighted by Crippen LogP contribution is 2.24. The Morgan fingerprint density at radius 2 is 2.00 bits per heavy atom. The number of nitrogens with zero attached hydrogens (tertiary/aromatic N) is 1. The van der Waals surface area contributed by atoms with Crippen LogP contribution in [0.2, 0.25) is 0 Å². The molecule has 1 atom stereocenters. The maximum atomic E-state index is 9.56. The first-order valence-electron chi connectivity index (χ1n) is 5.98. The number of benzene rings is 1. The molecule has 0 amide bonds. The average Bonchev–Trinajstić information content (AvgIpc) is 2.37. The number of pyridine rings is 1. The highest BCUT2D eigenvalue weighted by atomic mass is 32.2. The normalized spacial score (nSPS) is 12.4. The van der Waals surface area contributed by atoms with E-state index in [1.54, 1.807) is 24.9 Å². The van der Waals surface area contributed by atoms with Crippen LogP contribution in [0.25, 0.3) is 0 Å². The van der Waals surface area contributed by atoms with Crippen molar-refractivity contribution < 1.29 is 5.11 Å². The van der Waals surface area contributed by atoms with E-state index in [4.69, 9.17) is 0 Å². The van der Waals surface area contributed by atoms with Crippen molar-refractivity contribution in [2.24, 2.45) is 0 Å². The molecule has 0 spiro atoms. The fraction of sp³-hybridized carbons (Fsp3) is 0.267. The van der Waals surface area contributed by atoms with Crippen LogP contribution in [-0.4, -0.2) is 10.1 Å². The predicted molar refractivity (Wildman–Crippen MR) is 75.6 cm³/mol. The van der Waals surface area contributed by atoms with Gasteiger partial charge in [0.2, 0.25) is 0 Å². The summed E-state index contributed by atoms with van der Waals surface area (Å²) in [5, 5.41) is 10.6. The van der Waals surface area contributed by atoms with E-state index in [1.807, 2.05) is 31.2 Å². The first-order chi connectivity index (χ1) is 8.66. The van der Waals surface area contributed by atoms with Crippen LogP contribution in [0.1, 0.15) is 29.7 Å². The van der Waals surface area contributed by atoms with Crippen LogP contribution < -0.4 is 0 Å². The molecule has 0 aliphatic rings. The molecular formula is C15H17NOS. The van der Waals surface area contributed by atoms with Gasteiger partial charge in [0, 0.05) is 17.5 Å². The van der Waals surface area contributed by atoms with E-state index in [-0.39, 0.29) is 0 Å². The fourth-order valence-corrected chi connectivity index (χ4v) is 2.68. The van der Waals surface area contributed by atoms with Gasteiger partial charge in [-0.15, -0.1) is 11.8 Å². The van der Waals surface area contributed by atoms with E-state index in [2.05, 4.69) is 17.1 Å². The number of thioether (sulfide) groups is 1. The number of aromatic nitrogens is 1. The number of aryl methyl sites for hydroxylation is 1. The van der Waals surface area contributed by atoms with Gasteiger partial charge in [-0.3, -0.25) is 0 Å². The monoisotopic (exact) mass is 259 g/mol. The smallest absolute Gasteiger partial charge is 0.0965 e. The van der Waals surface area contributed by atoms with E-state index in [0.717, 1.165) is 21.9 Å². The molecule has 0 saturated heterocycles. The molecule has 0 bridgehead atoms. The van der Waals surface area contributed by atoms with Crippen molar-refractivity contribution in [2.75, 3.05) is 0 Å². The molecule has 18 heavy (non-hydrogen) atoms. The third-order valence-electron chi connectivity index (χ3n) is 2.81. The third-order valence-corrected chi connectivity index (χ3v) is 3.80. The number of hydrogen-bond acceptors (Lipinski definition) is 3. The third kappa shape index (κ3) is 3.34. The molecule has 2 nitrogen and oxygen atoms in total. The molecule has 94 valence electrons. The number of aliphatic hydroxyl groups is 1. The van der Waals surface area contributed by atoms with Gasteiger partial charge in [0.05, 0.1) is 11.1 Å². The number of aliphatic hydroxyl groups excluding tert-OH is 1. The van der Waals surface area contributed by atoms with Crippen LogP contribution in [-0.2, 0) is 5.75 Å². The van der Waals surface area contributed by atoms with Crippen molar-refractivity contribution >= 4 is 11.8 Å². The van der Waals surface area contributed by atoms with Gasteiger partial charge in [-0.05, 0) is 31.0 Å². The Morgan fingerprint density at radius 1 is 1.28 bits per heavy atom. The molecule has 1 heterocycles. The SMILES string of the molecule is Cc1cc(SCc2ccccc2)ncc1C(C)O. The Labute approximate surface area is 112 Å². The van der Waals surface area contributed by atoms with Gasteiger partial charge in [0.1, 0.15) is 0 Å². The van der Waals surface area contributed by atoms with Gasteiger partial charge in [-0.2, -0.15) is 0 Å². The summed E-state index contributed by atoms with van der Waals surface area (Å²) in [6.45, 7) is 3.77. The molecule has 0 aliphatic carbocycles. The van der Waals surface area contributed by atoms with Gasteiger partial charge in [0.25, 0.3) is 0 Å². The van der Waals surface area contributed by atoms with Crippen molar-refractivity contribution in [2.45, 2.75) is 30.7 Å². The largest absolute Gasteiger partial charge is 0.389 e. The zero-order valence-corrected chi connectivity index (χ0v) is 11.4. The van der Waals surface area contributed by atoms with Gasteiger partial charge in [0.15, 0.2) is 0 Å².